The fourth-order valence-electron chi connectivity index (χ4n) is 4.44. The Balaban J connectivity index is 1.20. The number of Topliss-reactive ketones (excluding diaryl/α,β-unsaturated/α-hetero) is 1. The zero-order valence-corrected chi connectivity index (χ0v) is 21.5. The Bertz CT molecular complexity index is 1340. The van der Waals surface area contributed by atoms with Crippen LogP contribution in [0, 0.1) is 0 Å². The van der Waals surface area contributed by atoms with Crippen molar-refractivity contribution in [2.24, 2.45) is 0 Å². The van der Waals surface area contributed by atoms with E-state index in [1.807, 2.05) is 30.3 Å². The van der Waals surface area contributed by atoms with Gasteiger partial charge in [0, 0.05) is 21.8 Å². The molecular formula is C28H25ClN2O2S2. The van der Waals surface area contributed by atoms with Gasteiger partial charge in [-0.2, -0.15) is 0 Å². The SMILES string of the molecule is O=C(CSc1nc2ccc(NC(=O)c3ccc(Cl)cc3)cc2s1)c1ccc(C2CCCCC2)cc1. The molecule has 0 saturated heterocycles. The molecule has 1 saturated carbocycles. The van der Waals surface area contributed by atoms with E-state index in [-0.39, 0.29) is 11.7 Å². The standard InChI is InChI=1S/C28H25ClN2O2S2/c29-22-12-10-21(11-13-22)27(33)30-23-14-15-24-26(16-23)35-28(31-24)34-17-25(32)20-8-6-19(7-9-20)18-4-2-1-3-5-18/h6-16,18H,1-5,17H2,(H,30,33). The number of ketones is 1. The number of rotatable bonds is 7. The second-order valence-electron chi connectivity index (χ2n) is 8.79. The molecule has 1 heterocycles. The summed E-state index contributed by atoms with van der Waals surface area (Å²) < 4.78 is 1.80. The van der Waals surface area contributed by atoms with Crippen LogP contribution in [0.15, 0.2) is 71.1 Å². The molecule has 0 unspecified atom stereocenters. The molecule has 0 spiro atoms. The maximum absolute atomic E-state index is 12.8. The largest absolute Gasteiger partial charge is 0.322 e. The van der Waals surface area contributed by atoms with Crippen molar-refractivity contribution in [1.82, 2.24) is 4.98 Å². The molecule has 1 amide bonds. The van der Waals surface area contributed by atoms with Crippen LogP contribution in [0.3, 0.4) is 0 Å². The Kier molecular flexibility index (Phi) is 7.51. The molecule has 1 N–H and O–H groups in total. The number of halogens is 1. The highest BCUT2D eigenvalue weighted by Crippen LogP contribution is 2.34. The molecule has 0 atom stereocenters. The molecule has 0 aliphatic heterocycles. The monoisotopic (exact) mass is 520 g/mol. The van der Waals surface area contributed by atoms with Crippen LogP contribution in [0.2, 0.25) is 5.02 Å². The predicted octanol–water partition coefficient (Wildman–Crippen LogP) is 8.22. The van der Waals surface area contributed by atoms with Crippen molar-refractivity contribution < 1.29 is 9.59 Å². The number of fused-ring (bicyclic) bond motifs is 1. The number of hydrogen-bond donors (Lipinski definition) is 1. The number of amides is 1. The Morgan fingerprint density at radius 1 is 0.943 bits per heavy atom. The van der Waals surface area contributed by atoms with Gasteiger partial charge >= 0.3 is 0 Å². The molecule has 178 valence electrons. The second kappa shape index (κ2) is 10.9. The molecule has 1 fully saturated rings. The van der Waals surface area contributed by atoms with Gasteiger partial charge < -0.3 is 5.32 Å². The zero-order valence-electron chi connectivity index (χ0n) is 19.1. The molecule has 7 heteroatoms. The van der Waals surface area contributed by atoms with E-state index in [0.29, 0.717) is 27.9 Å². The van der Waals surface area contributed by atoms with Crippen molar-refractivity contribution >= 4 is 62.3 Å². The minimum absolute atomic E-state index is 0.111. The highest BCUT2D eigenvalue weighted by molar-refractivity contribution is 8.01. The van der Waals surface area contributed by atoms with Gasteiger partial charge in [0.15, 0.2) is 10.1 Å². The van der Waals surface area contributed by atoms with Gasteiger partial charge in [-0.25, -0.2) is 4.98 Å². The van der Waals surface area contributed by atoms with Crippen molar-refractivity contribution in [3.8, 4) is 0 Å². The molecule has 3 aromatic carbocycles. The molecule has 0 bridgehead atoms. The number of hydrogen-bond acceptors (Lipinski definition) is 5. The van der Waals surface area contributed by atoms with Crippen molar-refractivity contribution in [2.75, 3.05) is 11.1 Å². The van der Waals surface area contributed by atoms with E-state index in [4.69, 9.17) is 11.6 Å². The molecule has 0 radical (unpaired) electrons. The Labute approximate surface area is 218 Å². The first-order valence-electron chi connectivity index (χ1n) is 11.8. The number of anilines is 1. The first kappa shape index (κ1) is 24.0. The summed E-state index contributed by atoms with van der Waals surface area (Å²) in [5.41, 5.74) is 4.21. The van der Waals surface area contributed by atoms with Crippen LogP contribution in [0.1, 0.15) is 64.3 Å². The van der Waals surface area contributed by atoms with Crippen molar-refractivity contribution in [2.45, 2.75) is 42.4 Å². The van der Waals surface area contributed by atoms with E-state index >= 15 is 0 Å². The lowest BCUT2D eigenvalue weighted by atomic mass is 9.84. The van der Waals surface area contributed by atoms with Crippen LogP contribution < -0.4 is 5.32 Å². The van der Waals surface area contributed by atoms with Gasteiger partial charge in [-0.1, -0.05) is 66.9 Å². The molecule has 1 aliphatic carbocycles. The topological polar surface area (TPSA) is 59.1 Å². The number of thiazole rings is 1. The Morgan fingerprint density at radius 3 is 2.40 bits per heavy atom. The third-order valence-corrected chi connectivity index (χ3v) is 8.78. The van der Waals surface area contributed by atoms with E-state index in [0.717, 1.165) is 20.1 Å². The average Bonchev–Trinajstić information content (AvgIpc) is 3.30. The van der Waals surface area contributed by atoms with Crippen LogP contribution in [-0.4, -0.2) is 22.4 Å². The third kappa shape index (κ3) is 5.95. The minimum Gasteiger partial charge on any atom is -0.322 e. The van der Waals surface area contributed by atoms with Gasteiger partial charge in [0.2, 0.25) is 0 Å². The van der Waals surface area contributed by atoms with Crippen molar-refractivity contribution in [3.63, 3.8) is 0 Å². The fraction of sp³-hybridized carbons (Fsp3) is 0.250. The smallest absolute Gasteiger partial charge is 0.255 e. The first-order valence-corrected chi connectivity index (χ1v) is 14.0. The van der Waals surface area contributed by atoms with Crippen LogP contribution in [-0.2, 0) is 0 Å². The second-order valence-corrected chi connectivity index (χ2v) is 11.5. The number of carbonyl (C=O) groups is 2. The maximum Gasteiger partial charge on any atom is 0.255 e. The van der Waals surface area contributed by atoms with Crippen molar-refractivity contribution in [1.29, 1.82) is 0 Å². The molecular weight excluding hydrogens is 496 g/mol. The predicted molar refractivity (Wildman–Crippen MR) is 146 cm³/mol. The quantitative estimate of drug-likeness (QED) is 0.197. The van der Waals surface area contributed by atoms with E-state index in [9.17, 15) is 9.59 Å². The number of nitrogens with one attached hydrogen (secondary N) is 1. The lowest BCUT2D eigenvalue weighted by molar-refractivity contribution is 0.101. The normalized spacial score (nSPS) is 14.2. The highest BCUT2D eigenvalue weighted by Gasteiger charge is 2.16. The van der Waals surface area contributed by atoms with Crippen LogP contribution in [0.25, 0.3) is 10.2 Å². The van der Waals surface area contributed by atoms with E-state index < -0.39 is 0 Å². The van der Waals surface area contributed by atoms with Crippen LogP contribution >= 0.6 is 34.7 Å². The average molecular weight is 521 g/mol. The van der Waals surface area contributed by atoms with Gasteiger partial charge in [0.1, 0.15) is 0 Å². The number of nitrogens with zero attached hydrogens (tertiary/aromatic N) is 1. The fourth-order valence-corrected chi connectivity index (χ4v) is 6.56. The van der Waals surface area contributed by atoms with Crippen molar-refractivity contribution in [3.05, 3.63) is 88.4 Å². The summed E-state index contributed by atoms with van der Waals surface area (Å²) in [4.78, 5) is 29.9. The van der Waals surface area contributed by atoms with Gasteiger partial charge in [0.05, 0.1) is 16.0 Å². The molecule has 1 aromatic heterocycles. The lowest BCUT2D eigenvalue weighted by Gasteiger charge is -2.22. The number of carbonyl (C=O) groups excluding carboxylic acids is 2. The van der Waals surface area contributed by atoms with Gasteiger partial charge in [-0.3, -0.25) is 9.59 Å². The summed E-state index contributed by atoms with van der Waals surface area (Å²) in [6, 6.07) is 20.6. The molecule has 1 aliphatic rings. The molecule has 35 heavy (non-hydrogen) atoms. The van der Waals surface area contributed by atoms with Gasteiger partial charge in [-0.05, 0) is 66.8 Å². The van der Waals surface area contributed by atoms with Gasteiger partial charge in [0.25, 0.3) is 5.91 Å². The molecule has 5 rings (SSSR count). The van der Waals surface area contributed by atoms with Gasteiger partial charge in [-0.15, -0.1) is 11.3 Å². The highest BCUT2D eigenvalue weighted by atomic mass is 35.5. The lowest BCUT2D eigenvalue weighted by Crippen LogP contribution is -2.11. The number of benzene rings is 3. The van der Waals surface area contributed by atoms with E-state index in [1.54, 1.807) is 24.3 Å². The third-order valence-electron chi connectivity index (χ3n) is 6.37. The summed E-state index contributed by atoms with van der Waals surface area (Å²) in [6.07, 6.45) is 6.47. The summed E-state index contributed by atoms with van der Waals surface area (Å²) in [5, 5.41) is 3.51. The molecule has 4 nitrogen and oxygen atoms in total. The Hall–Kier alpha value is -2.67. The molecule has 4 aromatic rings. The summed E-state index contributed by atoms with van der Waals surface area (Å²) in [6.45, 7) is 0. The maximum atomic E-state index is 12.8. The number of thioether (sulfide) groups is 1. The zero-order chi connectivity index (χ0) is 24.2. The summed E-state index contributed by atoms with van der Waals surface area (Å²) in [7, 11) is 0. The Morgan fingerprint density at radius 2 is 1.66 bits per heavy atom. The first-order chi connectivity index (χ1) is 17.0. The summed E-state index contributed by atoms with van der Waals surface area (Å²) in [5.74, 6) is 0.912. The number of aromatic nitrogens is 1. The van der Waals surface area contributed by atoms with E-state index in [1.165, 1.54) is 60.8 Å². The van der Waals surface area contributed by atoms with Crippen LogP contribution in [0.4, 0.5) is 5.69 Å². The summed E-state index contributed by atoms with van der Waals surface area (Å²) >= 11 is 8.88. The van der Waals surface area contributed by atoms with E-state index in [2.05, 4.69) is 22.4 Å². The van der Waals surface area contributed by atoms with Crippen LogP contribution in [0.5, 0.6) is 0 Å². The minimum atomic E-state index is -0.194.